The van der Waals surface area contributed by atoms with Crippen LogP contribution in [-0.2, 0) is 5.04 Å². The molecule has 322 valence electrons. The number of hydrogen-bond acceptors (Lipinski definition) is 0. The molecule has 0 heterocycles. The van der Waals surface area contributed by atoms with Gasteiger partial charge in [0, 0.05) is 5.04 Å². The molecule has 6 aliphatic carbocycles. The molecule has 0 atom stereocenters. The first-order chi connectivity index (χ1) is 27.0. The zero-order valence-corrected chi connectivity index (χ0v) is 40.9. The Morgan fingerprint density at radius 2 is 0.491 bits per heavy atom. The fraction of sp³-hybridized carbons (Fsp3) is 0.786. The van der Waals surface area contributed by atoms with Crippen molar-refractivity contribution >= 4 is 8.07 Å². The Morgan fingerprint density at radius 1 is 0.316 bits per heavy atom. The lowest BCUT2D eigenvalue weighted by Crippen LogP contribution is -2.48. The maximum absolute atomic E-state index is 2.58. The third kappa shape index (κ3) is 10.6. The Labute approximate surface area is 357 Å². The van der Waals surface area contributed by atoms with Crippen molar-refractivity contribution < 1.29 is 0 Å². The summed E-state index contributed by atoms with van der Waals surface area (Å²) in [6.45, 7) is 25.1. The molecule has 8 rings (SSSR count). The molecule has 1 heteroatoms. The van der Waals surface area contributed by atoms with Crippen LogP contribution in [0.5, 0.6) is 0 Å². The summed E-state index contributed by atoms with van der Waals surface area (Å²) in [5.41, 5.74) is 7.07. The lowest BCUT2D eigenvalue weighted by molar-refractivity contribution is -0.00381. The Kier molecular flexibility index (Phi) is 16.0. The molecular formula is C56H94Si. The second-order valence-electron chi connectivity index (χ2n) is 23.8. The van der Waals surface area contributed by atoms with Gasteiger partial charge < -0.3 is 0 Å². The zero-order chi connectivity index (χ0) is 41.3. The molecule has 0 amide bonds. The first kappa shape index (κ1) is 46.7. The molecule has 0 aliphatic heterocycles. The van der Waals surface area contributed by atoms with Gasteiger partial charge >= 0.3 is 0 Å². The minimum atomic E-state index is -1.39. The van der Waals surface area contributed by atoms with Gasteiger partial charge in [-0.05, 0) is 121 Å². The van der Waals surface area contributed by atoms with Crippen LogP contribution in [0.1, 0.15) is 233 Å². The van der Waals surface area contributed by atoms with Gasteiger partial charge in [-0.15, -0.1) is 0 Å². The summed E-state index contributed by atoms with van der Waals surface area (Å²) in [6, 6.07) is 21.9. The summed E-state index contributed by atoms with van der Waals surface area (Å²) >= 11 is 0. The van der Waals surface area contributed by atoms with E-state index in [4.69, 9.17) is 0 Å². The minimum Gasteiger partial charge on any atom is -0.0686 e. The summed E-state index contributed by atoms with van der Waals surface area (Å²) in [4.78, 5) is 0. The number of rotatable bonds is 6. The van der Waals surface area contributed by atoms with Crippen molar-refractivity contribution in [3.63, 3.8) is 0 Å². The largest absolute Gasteiger partial charge is 0.0686 e. The molecule has 57 heavy (non-hydrogen) atoms. The molecule has 0 saturated heterocycles. The van der Waals surface area contributed by atoms with E-state index in [1.807, 2.05) is 0 Å². The van der Waals surface area contributed by atoms with Gasteiger partial charge in [0.05, 0.1) is 8.07 Å². The molecule has 0 nitrogen and oxygen atoms in total. The fourth-order valence-electron chi connectivity index (χ4n) is 13.7. The average molecular weight is 795 g/mol. The average Bonchev–Trinajstić information content (AvgIpc) is 4.00. The van der Waals surface area contributed by atoms with Gasteiger partial charge in [-0.1, -0.05) is 225 Å². The zero-order valence-electron chi connectivity index (χ0n) is 39.9. The highest BCUT2D eigenvalue weighted by molar-refractivity contribution is 6.79. The van der Waals surface area contributed by atoms with Crippen LogP contribution in [0.2, 0.25) is 19.6 Å². The minimum absolute atomic E-state index is 0.162. The van der Waals surface area contributed by atoms with Crippen molar-refractivity contribution in [1.82, 2.24) is 0 Å². The molecule has 0 radical (unpaired) electrons. The van der Waals surface area contributed by atoms with Gasteiger partial charge in [0.2, 0.25) is 0 Å². The standard InChI is InChI=1S/C17H22Si.C14H26.C13H24.C12H22/c1-17(18(2,3)4,15-11-7-5-8-12-15)16-13-9-6-10-14-16;1-13(9-5-3-6-10-13)14(2)11-7-4-8-12-14;1-12(8-4-3-5-9-12)13(2)10-6-7-11-13;1-11(7-3-4-8-11)12(2)9-5-6-10-12/h5-14H,1-4H3;3-12H2,1-2H3;3-11H2,1-2H3;3-10H2,1-2H3. The topological polar surface area (TPSA) is 0 Å². The molecule has 6 fully saturated rings. The van der Waals surface area contributed by atoms with Crippen molar-refractivity contribution in [2.75, 3.05) is 0 Å². The van der Waals surface area contributed by atoms with Gasteiger partial charge in [-0.3, -0.25) is 0 Å². The highest BCUT2D eigenvalue weighted by Gasteiger charge is 2.48. The van der Waals surface area contributed by atoms with Crippen LogP contribution in [0.25, 0.3) is 0 Å². The molecule has 6 aliphatic rings. The Bertz CT molecular complexity index is 1340. The molecule has 6 saturated carbocycles. The molecule has 2 aromatic carbocycles. The van der Waals surface area contributed by atoms with Gasteiger partial charge in [-0.25, -0.2) is 0 Å². The van der Waals surface area contributed by atoms with Crippen molar-refractivity contribution in [3.05, 3.63) is 71.8 Å². The SMILES string of the molecule is CC(c1ccccc1)(c1ccccc1)[Si](C)(C)C.CC1(C2(C)CCCC2)CCCC1.CC1(C2(C)CCCC2)CCCCC1.CC1(C2(C)CCCCC2)CCCCC1. The van der Waals surface area contributed by atoms with Crippen LogP contribution in [0.3, 0.4) is 0 Å². The third-order valence-corrected chi connectivity index (χ3v) is 23.1. The molecule has 0 unspecified atom stereocenters. The smallest absolute Gasteiger partial charge is 0.0609 e. The molecular weight excluding hydrogens is 701 g/mol. The Morgan fingerprint density at radius 3 is 0.667 bits per heavy atom. The number of benzene rings is 2. The molecule has 0 bridgehead atoms. The second kappa shape index (κ2) is 19.6. The number of hydrogen-bond donors (Lipinski definition) is 0. The normalized spacial score (nSPS) is 25.7. The van der Waals surface area contributed by atoms with E-state index in [1.54, 1.807) is 0 Å². The van der Waals surface area contributed by atoms with E-state index in [9.17, 15) is 0 Å². The van der Waals surface area contributed by atoms with E-state index in [0.29, 0.717) is 32.5 Å². The monoisotopic (exact) mass is 795 g/mol. The quantitative estimate of drug-likeness (QED) is 0.256. The maximum atomic E-state index is 2.58. The molecule has 0 spiro atoms. The summed E-state index contributed by atoms with van der Waals surface area (Å²) in [7, 11) is -1.39. The van der Waals surface area contributed by atoms with Crippen molar-refractivity contribution in [3.8, 4) is 0 Å². The van der Waals surface area contributed by atoms with Gasteiger partial charge in [0.15, 0.2) is 0 Å². The van der Waals surface area contributed by atoms with Crippen LogP contribution in [0, 0.1) is 32.5 Å². The summed E-state index contributed by atoms with van der Waals surface area (Å²) < 4.78 is 0. The van der Waals surface area contributed by atoms with E-state index >= 15 is 0 Å². The van der Waals surface area contributed by atoms with Crippen LogP contribution in [0.4, 0.5) is 0 Å². The molecule has 0 aromatic heterocycles. The van der Waals surface area contributed by atoms with E-state index in [2.05, 4.69) is 129 Å². The predicted octanol–water partition coefficient (Wildman–Crippen LogP) is 18.5. The third-order valence-electron chi connectivity index (χ3n) is 19.6. The van der Waals surface area contributed by atoms with Crippen LogP contribution in [-0.4, -0.2) is 8.07 Å². The first-order valence-electron chi connectivity index (χ1n) is 25.1. The highest BCUT2D eigenvalue weighted by Crippen LogP contribution is 2.59. The highest BCUT2D eigenvalue weighted by atomic mass is 28.3. The summed E-state index contributed by atoms with van der Waals surface area (Å²) in [5.74, 6) is 0. The van der Waals surface area contributed by atoms with Crippen molar-refractivity contribution in [2.24, 2.45) is 32.5 Å². The van der Waals surface area contributed by atoms with E-state index < -0.39 is 8.07 Å². The van der Waals surface area contributed by atoms with E-state index in [1.165, 1.54) is 184 Å². The molecule has 2 aromatic rings. The van der Waals surface area contributed by atoms with Gasteiger partial charge in [0.25, 0.3) is 0 Å². The van der Waals surface area contributed by atoms with E-state index in [-0.39, 0.29) is 5.04 Å². The maximum Gasteiger partial charge on any atom is 0.0609 e. The Balaban J connectivity index is 0.000000147. The van der Waals surface area contributed by atoms with Crippen LogP contribution in [0.15, 0.2) is 60.7 Å². The predicted molar refractivity (Wildman–Crippen MR) is 256 cm³/mol. The van der Waals surface area contributed by atoms with Crippen molar-refractivity contribution in [2.45, 2.75) is 247 Å². The van der Waals surface area contributed by atoms with Crippen LogP contribution >= 0.6 is 0 Å². The van der Waals surface area contributed by atoms with Gasteiger partial charge in [-0.2, -0.15) is 0 Å². The van der Waals surface area contributed by atoms with Gasteiger partial charge in [0.1, 0.15) is 0 Å². The lowest BCUT2D eigenvalue weighted by atomic mass is 9.54. The first-order valence-corrected chi connectivity index (χ1v) is 28.6. The summed E-state index contributed by atoms with van der Waals surface area (Å²) in [6.07, 6.45) is 40.4. The molecule has 0 N–H and O–H groups in total. The van der Waals surface area contributed by atoms with E-state index in [0.717, 1.165) is 0 Å². The summed E-state index contributed by atoms with van der Waals surface area (Å²) in [5, 5.41) is 0.162. The Hall–Kier alpha value is -1.34. The van der Waals surface area contributed by atoms with Crippen molar-refractivity contribution in [1.29, 1.82) is 0 Å². The second-order valence-corrected chi connectivity index (χ2v) is 29.3. The van der Waals surface area contributed by atoms with Crippen LogP contribution < -0.4 is 0 Å². The lowest BCUT2D eigenvalue weighted by Gasteiger charge is -2.51. The fourth-order valence-corrected chi connectivity index (χ4v) is 15.7.